The molecule has 0 saturated heterocycles. The van der Waals surface area contributed by atoms with Gasteiger partial charge in [-0.25, -0.2) is 0 Å². The van der Waals surface area contributed by atoms with Gasteiger partial charge in [0.2, 0.25) is 0 Å². The molecule has 0 saturated carbocycles. The van der Waals surface area contributed by atoms with Gasteiger partial charge in [0.25, 0.3) is 0 Å². The first kappa shape index (κ1) is 34.7. The van der Waals surface area contributed by atoms with Crippen molar-refractivity contribution in [3.05, 3.63) is 184 Å². The second kappa shape index (κ2) is 11.7. The van der Waals surface area contributed by atoms with Gasteiger partial charge in [0.15, 0.2) is 0 Å². The van der Waals surface area contributed by atoms with E-state index < -0.39 is 0 Å². The van der Waals surface area contributed by atoms with Crippen LogP contribution in [0.15, 0.2) is 133 Å². The lowest BCUT2D eigenvalue weighted by molar-refractivity contribution is 0.649. The molecular formula is C56H46S2. The highest BCUT2D eigenvalue weighted by molar-refractivity contribution is 7.27. The largest absolute Gasteiger partial charge is 0.134 e. The van der Waals surface area contributed by atoms with Crippen LogP contribution in [0, 0.1) is 0 Å². The zero-order valence-electron chi connectivity index (χ0n) is 34.3. The number of rotatable bonds is 3. The Morgan fingerprint density at radius 2 is 0.948 bits per heavy atom. The molecule has 0 spiro atoms. The van der Waals surface area contributed by atoms with Crippen LogP contribution in [0.3, 0.4) is 0 Å². The maximum absolute atomic E-state index is 2.58. The van der Waals surface area contributed by atoms with Crippen LogP contribution < -0.4 is 0 Å². The van der Waals surface area contributed by atoms with Crippen LogP contribution in [-0.4, -0.2) is 0 Å². The Hall–Kier alpha value is -5.28. The summed E-state index contributed by atoms with van der Waals surface area (Å²) in [7, 11) is 0. The molecule has 0 amide bonds. The van der Waals surface area contributed by atoms with E-state index in [1.54, 1.807) is 0 Å². The van der Waals surface area contributed by atoms with Crippen LogP contribution in [0.4, 0.5) is 0 Å². The molecule has 12 rings (SSSR count). The van der Waals surface area contributed by atoms with Gasteiger partial charge < -0.3 is 0 Å². The second-order valence-electron chi connectivity index (χ2n) is 18.9. The zero-order valence-corrected chi connectivity index (χ0v) is 35.9. The summed E-state index contributed by atoms with van der Waals surface area (Å²) >= 11 is 3.80. The van der Waals surface area contributed by atoms with Gasteiger partial charge >= 0.3 is 0 Å². The second-order valence-corrected chi connectivity index (χ2v) is 21.1. The molecule has 0 bridgehead atoms. The normalized spacial score (nSPS) is 18.2. The molecule has 0 N–H and O–H groups in total. The molecular weight excluding hydrogens is 737 g/mol. The van der Waals surface area contributed by atoms with Crippen LogP contribution in [0.5, 0.6) is 0 Å². The van der Waals surface area contributed by atoms with Crippen molar-refractivity contribution in [2.45, 2.75) is 77.0 Å². The molecule has 4 aliphatic carbocycles. The summed E-state index contributed by atoms with van der Waals surface area (Å²) in [6.07, 6.45) is 3.56. The van der Waals surface area contributed by atoms with E-state index in [2.05, 4.69) is 182 Å². The Morgan fingerprint density at radius 1 is 0.431 bits per heavy atom. The van der Waals surface area contributed by atoms with E-state index in [0.29, 0.717) is 5.92 Å². The maximum Gasteiger partial charge on any atom is 0.0455 e. The lowest BCUT2D eigenvalue weighted by atomic mass is 9.78. The highest BCUT2D eigenvalue weighted by Gasteiger charge is 2.44. The molecule has 8 aromatic rings. The first-order valence-electron chi connectivity index (χ1n) is 21.0. The Morgan fingerprint density at radius 3 is 1.59 bits per heavy atom. The van der Waals surface area contributed by atoms with Crippen LogP contribution in [0.25, 0.3) is 69.2 Å². The first-order chi connectivity index (χ1) is 27.9. The van der Waals surface area contributed by atoms with Gasteiger partial charge in [-0.15, -0.1) is 22.7 Å². The van der Waals surface area contributed by atoms with Crippen molar-refractivity contribution in [3.63, 3.8) is 0 Å². The topological polar surface area (TPSA) is 0 Å². The molecule has 282 valence electrons. The first-order valence-corrected chi connectivity index (χ1v) is 22.6. The third-order valence-electron chi connectivity index (χ3n) is 14.6. The van der Waals surface area contributed by atoms with E-state index >= 15 is 0 Å². The van der Waals surface area contributed by atoms with E-state index in [0.717, 1.165) is 6.42 Å². The number of fused-ring (bicyclic) bond motifs is 11. The fourth-order valence-electron chi connectivity index (χ4n) is 11.2. The van der Waals surface area contributed by atoms with E-state index in [-0.39, 0.29) is 16.2 Å². The third-order valence-corrected chi connectivity index (χ3v) is 17.0. The highest BCUT2D eigenvalue weighted by atomic mass is 32.1. The zero-order chi connectivity index (χ0) is 39.5. The molecule has 4 aliphatic rings. The summed E-state index contributed by atoms with van der Waals surface area (Å²) in [4.78, 5) is 4.03. The van der Waals surface area contributed by atoms with Crippen LogP contribution in [0.1, 0.15) is 111 Å². The maximum atomic E-state index is 2.58. The molecule has 2 aromatic heterocycles. The molecule has 0 radical (unpaired) electrons. The molecule has 0 nitrogen and oxygen atoms in total. The van der Waals surface area contributed by atoms with Crippen molar-refractivity contribution in [2.24, 2.45) is 0 Å². The molecule has 2 heteroatoms. The predicted octanol–water partition coefficient (Wildman–Crippen LogP) is 16.2. The van der Waals surface area contributed by atoms with Crippen LogP contribution in [0.2, 0.25) is 0 Å². The quantitative estimate of drug-likeness (QED) is 0.167. The number of hydrogen-bond acceptors (Lipinski definition) is 2. The highest BCUT2D eigenvalue weighted by Crippen LogP contribution is 2.60. The van der Waals surface area contributed by atoms with Gasteiger partial charge in [-0.05, 0) is 173 Å². The van der Waals surface area contributed by atoms with Crippen molar-refractivity contribution < 1.29 is 0 Å². The van der Waals surface area contributed by atoms with Gasteiger partial charge in [-0.2, -0.15) is 0 Å². The molecule has 1 unspecified atom stereocenters. The minimum absolute atomic E-state index is 0.105. The minimum Gasteiger partial charge on any atom is -0.134 e. The van der Waals surface area contributed by atoms with Gasteiger partial charge in [-0.3, -0.25) is 0 Å². The van der Waals surface area contributed by atoms with Crippen LogP contribution in [-0.2, 0) is 16.2 Å². The number of benzene rings is 6. The summed E-state index contributed by atoms with van der Waals surface area (Å²) in [5.74, 6) is 0.556. The Kier molecular flexibility index (Phi) is 7.00. The molecule has 0 fully saturated rings. The number of thiophene rings is 2. The van der Waals surface area contributed by atoms with Crippen molar-refractivity contribution in [1.82, 2.24) is 0 Å². The summed E-state index contributed by atoms with van der Waals surface area (Å²) in [5, 5.41) is 1.33. The summed E-state index contributed by atoms with van der Waals surface area (Å²) in [5.41, 5.74) is 23.7. The monoisotopic (exact) mass is 782 g/mol. The fourth-order valence-corrected chi connectivity index (χ4v) is 13.4. The van der Waals surface area contributed by atoms with Crippen molar-refractivity contribution in [2.75, 3.05) is 0 Å². The van der Waals surface area contributed by atoms with E-state index in [1.165, 1.54) is 119 Å². The molecule has 2 heterocycles. The molecule has 0 aliphatic heterocycles. The predicted molar refractivity (Wildman–Crippen MR) is 250 cm³/mol. The average Bonchev–Trinajstić information content (AvgIpc) is 4.02. The minimum atomic E-state index is -0.110. The molecule has 58 heavy (non-hydrogen) atoms. The lowest BCUT2D eigenvalue weighted by Gasteiger charge is -2.26. The van der Waals surface area contributed by atoms with E-state index in [9.17, 15) is 0 Å². The number of hydrogen-bond donors (Lipinski definition) is 0. The third kappa shape index (κ3) is 4.62. The average molecular weight is 783 g/mol. The van der Waals surface area contributed by atoms with Gasteiger partial charge in [0.05, 0.1) is 0 Å². The van der Waals surface area contributed by atoms with Crippen molar-refractivity contribution >= 4 is 38.3 Å². The lowest BCUT2D eigenvalue weighted by Crippen LogP contribution is -2.17. The Balaban J connectivity index is 0.918. The number of allylic oxidation sites excluding steroid dienone is 1. The molecule has 6 aromatic carbocycles. The summed E-state index contributed by atoms with van der Waals surface area (Å²) in [6, 6.07) is 49.6. The van der Waals surface area contributed by atoms with Crippen molar-refractivity contribution in [1.29, 1.82) is 0 Å². The Bertz CT molecular complexity index is 3100. The van der Waals surface area contributed by atoms with Gasteiger partial charge in [-0.1, -0.05) is 121 Å². The van der Waals surface area contributed by atoms with Crippen LogP contribution >= 0.6 is 22.7 Å². The van der Waals surface area contributed by atoms with Crippen molar-refractivity contribution in [3.8, 4) is 53.6 Å². The standard InChI is InChI=1S/C56H46S2/c1-31-16-19-36(37-14-10-9-13-35(31)37)32-17-20-38-40-27-48-42(29-46(40)54(2,3)44(38)24-32)43-30-47-41(28-49(43)56(48,6)7)39-21-18-34(25-45(39)55(47,4)5)51-22-23-52(57-51)53-26-33-12-8-11-15-50(33)58-53/h8-15,17-31H,16H2,1-7H3. The molecule has 1 atom stereocenters. The van der Waals surface area contributed by atoms with E-state index in [4.69, 9.17) is 0 Å². The summed E-state index contributed by atoms with van der Waals surface area (Å²) < 4.78 is 1.35. The van der Waals surface area contributed by atoms with E-state index in [1.807, 2.05) is 22.7 Å². The summed E-state index contributed by atoms with van der Waals surface area (Å²) in [6.45, 7) is 17.0. The fraction of sp³-hybridized carbons (Fsp3) is 0.214. The smallest absolute Gasteiger partial charge is 0.0455 e. The SMILES string of the molecule is CC1CC=C(c2ccc3c(c2)C(C)(C)c2cc4c(cc2-3)C(C)(C)c2cc3c(cc2-4)C(C)(C)c2cc(-c4ccc(-c5cc6ccccc6s5)s4)ccc2-3)c2ccccc21. The van der Waals surface area contributed by atoms with Gasteiger partial charge in [0.1, 0.15) is 0 Å². The Labute approximate surface area is 350 Å². The van der Waals surface area contributed by atoms with Gasteiger partial charge in [0, 0.05) is 35.6 Å².